The molecule has 0 fully saturated rings. The third-order valence-electron chi connectivity index (χ3n) is 3.44. The largest absolute Gasteiger partial charge is 0.493 e. The number of aliphatic hydroxyl groups excluding tert-OH is 1. The highest BCUT2D eigenvalue weighted by Crippen LogP contribution is 2.28. The molecule has 0 radical (unpaired) electrons. The van der Waals surface area contributed by atoms with Crippen molar-refractivity contribution in [2.45, 2.75) is 19.5 Å². The van der Waals surface area contributed by atoms with E-state index in [4.69, 9.17) is 26.2 Å². The van der Waals surface area contributed by atoms with E-state index in [0.29, 0.717) is 23.2 Å². The van der Waals surface area contributed by atoms with Crippen LogP contribution in [0, 0.1) is 0 Å². The lowest BCUT2D eigenvalue weighted by molar-refractivity contribution is 0.196. The Morgan fingerprint density at radius 1 is 1.26 bits per heavy atom. The Kier molecular flexibility index (Phi) is 6.65. The average molecular weight is 337 g/mol. The lowest BCUT2D eigenvalue weighted by atomic mass is 10.1. The molecule has 124 valence electrons. The Hall–Kier alpha value is -1.82. The highest BCUT2D eigenvalue weighted by Gasteiger charge is 2.09. The summed E-state index contributed by atoms with van der Waals surface area (Å²) < 4.78 is 10.8. The predicted octanol–water partition coefficient (Wildman–Crippen LogP) is 2.97. The fourth-order valence-corrected chi connectivity index (χ4v) is 2.35. The molecule has 23 heavy (non-hydrogen) atoms. The van der Waals surface area contributed by atoms with Gasteiger partial charge in [0.1, 0.15) is 11.8 Å². The molecule has 0 amide bonds. The molecule has 0 aliphatic carbocycles. The van der Waals surface area contributed by atoms with Crippen LogP contribution in [0.1, 0.15) is 24.1 Å². The van der Waals surface area contributed by atoms with Crippen LogP contribution in [0.5, 0.6) is 11.5 Å². The molecule has 2 aromatic rings. The Balaban J connectivity index is 2.00. The van der Waals surface area contributed by atoms with Crippen LogP contribution >= 0.6 is 11.6 Å². The summed E-state index contributed by atoms with van der Waals surface area (Å²) in [5.41, 5.74) is 2.16. The number of halogens is 1. The fraction of sp³-hybridized carbons (Fsp3) is 0.353. The number of methoxy groups -OCH3 is 1. The minimum Gasteiger partial charge on any atom is -0.493 e. The van der Waals surface area contributed by atoms with Crippen LogP contribution in [0.2, 0.25) is 5.15 Å². The maximum atomic E-state index is 8.83. The van der Waals surface area contributed by atoms with E-state index in [1.54, 1.807) is 13.3 Å². The standard InChI is InChI=1S/C17H21ClN2O3/c1-12(14-5-6-19-17(18)10-14)20-11-13-3-4-15(23-8-7-21)16(9-13)22-2/h3-6,9-10,12,20-21H,7-8,11H2,1-2H3. The molecule has 0 saturated carbocycles. The van der Waals surface area contributed by atoms with Gasteiger partial charge in [-0.1, -0.05) is 17.7 Å². The zero-order chi connectivity index (χ0) is 16.7. The molecule has 1 heterocycles. The van der Waals surface area contributed by atoms with Crippen molar-refractivity contribution in [3.05, 3.63) is 52.8 Å². The van der Waals surface area contributed by atoms with E-state index >= 15 is 0 Å². The van der Waals surface area contributed by atoms with Crippen LogP contribution in [-0.2, 0) is 6.54 Å². The normalized spacial score (nSPS) is 12.0. The molecule has 0 aliphatic heterocycles. The second-order valence-corrected chi connectivity index (χ2v) is 5.46. The molecule has 1 atom stereocenters. The maximum absolute atomic E-state index is 8.83. The molecule has 5 nitrogen and oxygen atoms in total. The lowest BCUT2D eigenvalue weighted by Crippen LogP contribution is -2.18. The summed E-state index contributed by atoms with van der Waals surface area (Å²) in [6.07, 6.45) is 1.70. The quantitative estimate of drug-likeness (QED) is 0.726. The van der Waals surface area contributed by atoms with E-state index in [1.807, 2.05) is 30.3 Å². The third kappa shape index (κ3) is 5.10. The van der Waals surface area contributed by atoms with Gasteiger partial charge >= 0.3 is 0 Å². The molecule has 0 spiro atoms. The summed E-state index contributed by atoms with van der Waals surface area (Å²) in [6.45, 7) is 2.96. The van der Waals surface area contributed by atoms with E-state index in [0.717, 1.165) is 11.1 Å². The SMILES string of the molecule is COc1cc(CNC(C)c2ccnc(Cl)c2)ccc1OCCO. The Morgan fingerprint density at radius 2 is 2.09 bits per heavy atom. The van der Waals surface area contributed by atoms with Crippen LogP contribution in [0.25, 0.3) is 0 Å². The van der Waals surface area contributed by atoms with Gasteiger partial charge in [-0.25, -0.2) is 4.98 Å². The van der Waals surface area contributed by atoms with Gasteiger partial charge in [-0.05, 0) is 42.3 Å². The van der Waals surface area contributed by atoms with Gasteiger partial charge in [0.2, 0.25) is 0 Å². The first kappa shape index (κ1) is 17.5. The van der Waals surface area contributed by atoms with Crippen LogP contribution < -0.4 is 14.8 Å². The van der Waals surface area contributed by atoms with E-state index < -0.39 is 0 Å². The van der Waals surface area contributed by atoms with Crippen molar-refractivity contribution in [1.29, 1.82) is 0 Å². The van der Waals surface area contributed by atoms with E-state index in [9.17, 15) is 0 Å². The summed E-state index contributed by atoms with van der Waals surface area (Å²) in [5, 5.41) is 12.8. The van der Waals surface area contributed by atoms with Crippen molar-refractivity contribution in [3.63, 3.8) is 0 Å². The summed E-state index contributed by atoms with van der Waals surface area (Å²) in [7, 11) is 1.60. The third-order valence-corrected chi connectivity index (χ3v) is 3.65. The van der Waals surface area contributed by atoms with Crippen LogP contribution in [0.3, 0.4) is 0 Å². The second-order valence-electron chi connectivity index (χ2n) is 5.07. The van der Waals surface area contributed by atoms with E-state index in [-0.39, 0.29) is 19.3 Å². The molecule has 0 bridgehead atoms. The predicted molar refractivity (Wildman–Crippen MR) is 90.1 cm³/mol. The summed E-state index contributed by atoms with van der Waals surface area (Å²) in [4.78, 5) is 3.99. The summed E-state index contributed by atoms with van der Waals surface area (Å²) in [6, 6.07) is 9.67. The van der Waals surface area contributed by atoms with Gasteiger partial charge in [-0.15, -0.1) is 0 Å². The summed E-state index contributed by atoms with van der Waals surface area (Å²) in [5.74, 6) is 1.27. The lowest BCUT2D eigenvalue weighted by Gasteiger charge is -2.16. The molecule has 0 saturated heterocycles. The highest BCUT2D eigenvalue weighted by molar-refractivity contribution is 6.29. The molecule has 1 unspecified atom stereocenters. The van der Waals surface area contributed by atoms with Crippen LogP contribution in [0.4, 0.5) is 0 Å². The van der Waals surface area contributed by atoms with Gasteiger partial charge in [-0.2, -0.15) is 0 Å². The van der Waals surface area contributed by atoms with Gasteiger partial charge in [0.25, 0.3) is 0 Å². The fourth-order valence-electron chi connectivity index (χ4n) is 2.17. The van der Waals surface area contributed by atoms with E-state index in [2.05, 4.69) is 17.2 Å². The number of pyridine rings is 1. The van der Waals surface area contributed by atoms with Crippen LogP contribution in [0.15, 0.2) is 36.5 Å². The molecule has 1 aromatic carbocycles. The van der Waals surface area contributed by atoms with E-state index in [1.165, 1.54) is 0 Å². The average Bonchev–Trinajstić information content (AvgIpc) is 2.58. The number of ether oxygens (including phenoxy) is 2. The number of benzene rings is 1. The number of hydrogen-bond acceptors (Lipinski definition) is 5. The van der Waals surface area contributed by atoms with Crippen molar-refractivity contribution in [2.75, 3.05) is 20.3 Å². The van der Waals surface area contributed by atoms with Crippen molar-refractivity contribution >= 4 is 11.6 Å². The van der Waals surface area contributed by atoms with Gasteiger partial charge in [-0.3, -0.25) is 0 Å². The van der Waals surface area contributed by atoms with Gasteiger partial charge in [0.05, 0.1) is 13.7 Å². The molecular weight excluding hydrogens is 316 g/mol. The molecule has 0 aliphatic rings. The highest BCUT2D eigenvalue weighted by atomic mass is 35.5. The first-order chi connectivity index (χ1) is 11.1. The topological polar surface area (TPSA) is 63.6 Å². The Morgan fingerprint density at radius 3 is 2.78 bits per heavy atom. The van der Waals surface area contributed by atoms with Gasteiger partial charge < -0.3 is 19.9 Å². The molecule has 2 N–H and O–H groups in total. The monoisotopic (exact) mass is 336 g/mol. The van der Waals surface area contributed by atoms with Crippen molar-refractivity contribution in [1.82, 2.24) is 10.3 Å². The minimum atomic E-state index is -0.0293. The van der Waals surface area contributed by atoms with Crippen molar-refractivity contribution in [2.24, 2.45) is 0 Å². The number of hydrogen-bond donors (Lipinski definition) is 2. The van der Waals surface area contributed by atoms with Crippen LogP contribution in [-0.4, -0.2) is 30.4 Å². The molecule has 2 rings (SSSR count). The zero-order valence-electron chi connectivity index (χ0n) is 13.3. The Bertz CT molecular complexity index is 637. The first-order valence-electron chi connectivity index (χ1n) is 7.39. The van der Waals surface area contributed by atoms with Gasteiger partial charge in [0, 0.05) is 18.8 Å². The number of aliphatic hydroxyl groups is 1. The molecule has 1 aromatic heterocycles. The van der Waals surface area contributed by atoms with Crippen molar-refractivity contribution in [3.8, 4) is 11.5 Å². The molecular formula is C17H21ClN2O3. The Labute approximate surface area is 141 Å². The number of nitrogens with zero attached hydrogens (tertiary/aromatic N) is 1. The number of nitrogens with one attached hydrogen (secondary N) is 1. The molecule has 6 heteroatoms. The maximum Gasteiger partial charge on any atom is 0.161 e. The minimum absolute atomic E-state index is 0.0293. The van der Waals surface area contributed by atoms with Crippen molar-refractivity contribution < 1.29 is 14.6 Å². The van der Waals surface area contributed by atoms with Gasteiger partial charge in [0.15, 0.2) is 11.5 Å². The second kappa shape index (κ2) is 8.72. The summed E-state index contributed by atoms with van der Waals surface area (Å²) >= 11 is 5.92. The first-order valence-corrected chi connectivity index (χ1v) is 7.77. The number of rotatable bonds is 8. The zero-order valence-corrected chi connectivity index (χ0v) is 14.0. The smallest absolute Gasteiger partial charge is 0.161 e. The number of aromatic nitrogens is 1.